The predicted molar refractivity (Wildman–Crippen MR) is 95.9 cm³/mol. The normalized spacial score (nSPS) is 10.0. The molecule has 0 saturated carbocycles. The second-order valence-corrected chi connectivity index (χ2v) is 5.93. The Balaban J connectivity index is 2.40. The summed E-state index contributed by atoms with van der Waals surface area (Å²) in [5, 5.41) is 5.78. The van der Waals surface area contributed by atoms with Crippen molar-refractivity contribution in [2.45, 2.75) is 0 Å². The highest BCUT2D eigenvalue weighted by Gasteiger charge is 2.10. The van der Waals surface area contributed by atoms with E-state index in [1.807, 2.05) is 24.3 Å². The fraction of sp³-hybridized carbons (Fsp3) is 0.125. The molecule has 0 aliphatic heterocycles. The molecule has 0 fully saturated rings. The van der Waals surface area contributed by atoms with Crippen LogP contribution >= 0.6 is 35.4 Å². The number of hydrogen-bond donors (Lipinski definition) is 0. The molecule has 2 aromatic carbocycles. The number of benzene rings is 2. The van der Waals surface area contributed by atoms with Gasteiger partial charge in [0.1, 0.15) is 5.71 Å². The van der Waals surface area contributed by atoms with Crippen molar-refractivity contribution < 1.29 is 4.84 Å². The summed E-state index contributed by atoms with van der Waals surface area (Å²) < 4.78 is 0. The van der Waals surface area contributed by atoms with Crippen molar-refractivity contribution in [3.63, 3.8) is 0 Å². The molecular weight excluding hydrogens is 339 g/mol. The van der Waals surface area contributed by atoms with Crippen LogP contribution in [0, 0.1) is 0 Å². The van der Waals surface area contributed by atoms with Gasteiger partial charge in [0.25, 0.3) is 5.17 Å². The third kappa shape index (κ3) is 4.44. The number of rotatable bonds is 3. The van der Waals surface area contributed by atoms with Crippen molar-refractivity contribution in [3.8, 4) is 0 Å². The number of halogens is 2. The first-order valence-electron chi connectivity index (χ1n) is 6.45. The molecule has 0 unspecified atom stereocenters. The van der Waals surface area contributed by atoms with Crippen LogP contribution in [-0.2, 0) is 4.84 Å². The van der Waals surface area contributed by atoms with Gasteiger partial charge in [0, 0.05) is 35.3 Å². The van der Waals surface area contributed by atoms with E-state index < -0.39 is 0 Å². The lowest BCUT2D eigenvalue weighted by Crippen LogP contribution is -2.21. The van der Waals surface area contributed by atoms with E-state index in [0.717, 1.165) is 11.1 Å². The maximum absolute atomic E-state index is 5.94. The SMILES string of the molecule is CN(C)C(=S)ON=C(c1ccc(Cl)cc1)c1ccc(Cl)cc1. The molecule has 22 heavy (non-hydrogen) atoms. The van der Waals surface area contributed by atoms with Crippen molar-refractivity contribution in [1.82, 2.24) is 4.90 Å². The highest BCUT2D eigenvalue weighted by atomic mass is 35.5. The van der Waals surface area contributed by atoms with E-state index >= 15 is 0 Å². The molecule has 2 aromatic rings. The van der Waals surface area contributed by atoms with Crippen molar-refractivity contribution in [3.05, 3.63) is 69.7 Å². The van der Waals surface area contributed by atoms with Crippen LogP contribution in [-0.4, -0.2) is 29.9 Å². The van der Waals surface area contributed by atoms with E-state index in [4.69, 9.17) is 40.3 Å². The van der Waals surface area contributed by atoms with Gasteiger partial charge in [-0.2, -0.15) is 0 Å². The van der Waals surface area contributed by atoms with Gasteiger partial charge in [-0.25, -0.2) is 0 Å². The first-order valence-corrected chi connectivity index (χ1v) is 7.62. The van der Waals surface area contributed by atoms with Gasteiger partial charge in [0.05, 0.1) is 0 Å². The zero-order chi connectivity index (χ0) is 16.1. The van der Waals surface area contributed by atoms with Crippen molar-refractivity contribution in [1.29, 1.82) is 0 Å². The second-order valence-electron chi connectivity index (χ2n) is 4.71. The Kier molecular flexibility index (Phi) is 5.77. The molecule has 6 heteroatoms. The van der Waals surface area contributed by atoms with E-state index in [1.54, 1.807) is 43.3 Å². The Morgan fingerprint density at radius 3 is 1.68 bits per heavy atom. The van der Waals surface area contributed by atoms with Crippen molar-refractivity contribution in [2.75, 3.05) is 14.1 Å². The van der Waals surface area contributed by atoms with Gasteiger partial charge in [0.2, 0.25) is 0 Å². The summed E-state index contributed by atoms with van der Waals surface area (Å²) in [6.45, 7) is 0. The lowest BCUT2D eigenvalue weighted by molar-refractivity contribution is 0.287. The zero-order valence-corrected chi connectivity index (χ0v) is 14.4. The van der Waals surface area contributed by atoms with Gasteiger partial charge < -0.3 is 9.74 Å². The summed E-state index contributed by atoms with van der Waals surface area (Å²) in [6.07, 6.45) is 0. The molecule has 0 aromatic heterocycles. The van der Waals surface area contributed by atoms with Gasteiger partial charge >= 0.3 is 0 Å². The molecule has 0 bridgehead atoms. The van der Waals surface area contributed by atoms with E-state index in [1.165, 1.54) is 0 Å². The van der Waals surface area contributed by atoms with E-state index in [0.29, 0.717) is 15.8 Å². The van der Waals surface area contributed by atoms with Gasteiger partial charge in [-0.05, 0) is 36.5 Å². The number of nitrogens with zero attached hydrogens (tertiary/aromatic N) is 2. The quantitative estimate of drug-likeness (QED) is 0.458. The summed E-state index contributed by atoms with van der Waals surface area (Å²) in [4.78, 5) is 6.98. The standard InChI is InChI=1S/C16H14Cl2N2OS/c1-20(2)16(22)21-19-15(11-3-7-13(17)8-4-11)12-5-9-14(18)10-6-12/h3-10H,1-2H3. The molecule has 0 N–H and O–H groups in total. The molecule has 0 aliphatic rings. The summed E-state index contributed by atoms with van der Waals surface area (Å²) >= 11 is 17.0. The average Bonchev–Trinajstić information content (AvgIpc) is 2.50. The van der Waals surface area contributed by atoms with Crippen molar-refractivity contribution in [2.24, 2.45) is 5.16 Å². The Hall–Kier alpha value is -1.62. The van der Waals surface area contributed by atoms with Gasteiger partial charge in [-0.15, -0.1) is 0 Å². The van der Waals surface area contributed by atoms with Gasteiger partial charge in [0.15, 0.2) is 0 Å². The first kappa shape index (κ1) is 16.7. The van der Waals surface area contributed by atoms with Crippen LogP contribution in [0.15, 0.2) is 53.7 Å². The number of hydrogen-bond acceptors (Lipinski definition) is 3. The van der Waals surface area contributed by atoms with E-state index in [9.17, 15) is 0 Å². The van der Waals surface area contributed by atoms with Crippen molar-refractivity contribution >= 4 is 46.3 Å². The predicted octanol–water partition coefficient (Wildman–Crippen LogP) is 4.61. The largest absolute Gasteiger partial charge is 0.337 e. The summed E-state index contributed by atoms with van der Waals surface area (Å²) in [6, 6.07) is 14.7. The zero-order valence-electron chi connectivity index (χ0n) is 12.1. The van der Waals surface area contributed by atoms with E-state index in [-0.39, 0.29) is 5.17 Å². The Bertz CT molecular complexity index is 635. The molecule has 0 spiro atoms. The highest BCUT2D eigenvalue weighted by Crippen LogP contribution is 2.17. The molecule has 2 rings (SSSR count). The highest BCUT2D eigenvalue weighted by molar-refractivity contribution is 7.80. The van der Waals surface area contributed by atoms with Crippen LogP contribution in [0.25, 0.3) is 0 Å². The molecule has 0 aliphatic carbocycles. The topological polar surface area (TPSA) is 24.8 Å². The Morgan fingerprint density at radius 2 is 1.32 bits per heavy atom. The maximum Gasteiger partial charge on any atom is 0.291 e. The minimum Gasteiger partial charge on any atom is -0.337 e. The molecule has 0 radical (unpaired) electrons. The van der Waals surface area contributed by atoms with Crippen LogP contribution < -0.4 is 0 Å². The third-order valence-corrected chi connectivity index (χ3v) is 3.76. The summed E-state index contributed by atoms with van der Waals surface area (Å²) in [7, 11) is 3.59. The summed E-state index contributed by atoms with van der Waals surface area (Å²) in [5.74, 6) is 0. The van der Waals surface area contributed by atoms with Gasteiger partial charge in [-0.1, -0.05) is 52.6 Å². The molecule has 0 atom stereocenters. The first-order chi connectivity index (χ1) is 10.5. The van der Waals surface area contributed by atoms with Gasteiger partial charge in [-0.3, -0.25) is 0 Å². The van der Waals surface area contributed by atoms with E-state index in [2.05, 4.69) is 5.16 Å². The van der Waals surface area contributed by atoms with Crippen LogP contribution in [0.5, 0.6) is 0 Å². The fourth-order valence-corrected chi connectivity index (χ4v) is 1.94. The molecule has 0 amide bonds. The minimum absolute atomic E-state index is 0.278. The Morgan fingerprint density at radius 1 is 0.909 bits per heavy atom. The molecule has 0 heterocycles. The van der Waals surface area contributed by atoms with Crippen LogP contribution in [0.4, 0.5) is 0 Å². The lowest BCUT2D eigenvalue weighted by atomic mass is 10.0. The minimum atomic E-state index is 0.278. The average molecular weight is 353 g/mol. The smallest absolute Gasteiger partial charge is 0.291 e. The van der Waals surface area contributed by atoms with Crippen LogP contribution in [0.3, 0.4) is 0 Å². The summed E-state index contributed by atoms with van der Waals surface area (Å²) in [5.41, 5.74) is 2.39. The van der Waals surface area contributed by atoms with Crippen LogP contribution in [0.2, 0.25) is 10.0 Å². The maximum atomic E-state index is 5.94. The Labute approximate surface area is 145 Å². The number of thiocarbonyl (C=S) groups is 1. The fourth-order valence-electron chi connectivity index (χ4n) is 1.65. The molecule has 114 valence electrons. The monoisotopic (exact) mass is 352 g/mol. The molecular formula is C16H14Cl2N2OS. The molecule has 0 saturated heterocycles. The number of oxime groups is 1. The lowest BCUT2D eigenvalue weighted by Gasteiger charge is -2.12. The third-order valence-electron chi connectivity index (χ3n) is 2.82. The second kappa shape index (κ2) is 7.58. The molecule has 3 nitrogen and oxygen atoms in total. The van der Waals surface area contributed by atoms with Crippen LogP contribution in [0.1, 0.15) is 11.1 Å².